The van der Waals surface area contributed by atoms with Gasteiger partial charge in [0.15, 0.2) is 0 Å². The van der Waals surface area contributed by atoms with Crippen molar-refractivity contribution in [1.29, 1.82) is 0 Å². The standard InChI is InChI=1S/C14H10N2O3S/c17-12-10-5-6-20-13(10)16-11(15-12)7-8-3-1-2-4-9(8)14(18)19/h1-6H,7H2,(H,18,19)(H,15,16,17). The summed E-state index contributed by atoms with van der Waals surface area (Å²) in [5, 5.41) is 11.5. The lowest BCUT2D eigenvalue weighted by Gasteiger charge is -2.05. The zero-order chi connectivity index (χ0) is 14.1. The molecule has 0 fully saturated rings. The predicted molar refractivity (Wildman–Crippen MR) is 76.4 cm³/mol. The number of rotatable bonds is 3. The molecule has 6 heteroatoms. The quantitative estimate of drug-likeness (QED) is 0.773. The summed E-state index contributed by atoms with van der Waals surface area (Å²) in [6, 6.07) is 8.43. The molecule has 0 saturated heterocycles. The molecule has 2 aromatic heterocycles. The van der Waals surface area contributed by atoms with Crippen molar-refractivity contribution in [3.05, 3.63) is 63.0 Å². The lowest BCUT2D eigenvalue weighted by Crippen LogP contribution is -2.12. The zero-order valence-electron chi connectivity index (χ0n) is 10.3. The molecule has 0 atom stereocenters. The van der Waals surface area contributed by atoms with Crippen LogP contribution in [0.2, 0.25) is 0 Å². The summed E-state index contributed by atoms with van der Waals surface area (Å²) in [5.74, 6) is -0.515. The highest BCUT2D eigenvalue weighted by Gasteiger charge is 2.11. The normalized spacial score (nSPS) is 10.8. The van der Waals surface area contributed by atoms with Crippen LogP contribution in [0.15, 0.2) is 40.5 Å². The van der Waals surface area contributed by atoms with Gasteiger partial charge in [0.05, 0.1) is 10.9 Å². The van der Waals surface area contributed by atoms with Gasteiger partial charge in [0.1, 0.15) is 10.7 Å². The Bertz CT molecular complexity index is 851. The summed E-state index contributed by atoms with van der Waals surface area (Å²) in [7, 11) is 0. The molecule has 3 aromatic rings. The summed E-state index contributed by atoms with van der Waals surface area (Å²) < 4.78 is 0. The summed E-state index contributed by atoms with van der Waals surface area (Å²) >= 11 is 1.39. The molecule has 5 nitrogen and oxygen atoms in total. The number of hydrogen-bond acceptors (Lipinski definition) is 4. The monoisotopic (exact) mass is 286 g/mol. The lowest BCUT2D eigenvalue weighted by molar-refractivity contribution is 0.0696. The highest BCUT2D eigenvalue weighted by atomic mass is 32.1. The van der Waals surface area contributed by atoms with Crippen LogP contribution in [0.4, 0.5) is 0 Å². The third kappa shape index (κ3) is 2.21. The number of carboxylic acid groups (broad SMARTS) is 1. The Hall–Kier alpha value is -2.47. The maximum atomic E-state index is 11.9. The van der Waals surface area contributed by atoms with Crippen LogP contribution in [0.3, 0.4) is 0 Å². The Morgan fingerprint density at radius 1 is 1.30 bits per heavy atom. The summed E-state index contributed by atoms with van der Waals surface area (Å²) in [4.78, 5) is 30.7. The fraction of sp³-hybridized carbons (Fsp3) is 0.0714. The first kappa shape index (κ1) is 12.6. The molecule has 100 valence electrons. The van der Waals surface area contributed by atoms with Crippen molar-refractivity contribution in [3.8, 4) is 0 Å². The number of nitrogens with zero attached hydrogens (tertiary/aromatic N) is 1. The summed E-state index contributed by atoms with van der Waals surface area (Å²) in [5.41, 5.74) is 0.652. The molecule has 0 radical (unpaired) electrons. The Morgan fingerprint density at radius 3 is 2.90 bits per heavy atom. The van der Waals surface area contributed by atoms with E-state index in [4.69, 9.17) is 5.11 Å². The van der Waals surface area contributed by atoms with Crippen LogP contribution in [0, 0.1) is 0 Å². The van der Waals surface area contributed by atoms with Crippen LogP contribution >= 0.6 is 11.3 Å². The minimum Gasteiger partial charge on any atom is -0.478 e. The zero-order valence-corrected chi connectivity index (χ0v) is 11.1. The smallest absolute Gasteiger partial charge is 0.335 e. The van der Waals surface area contributed by atoms with Crippen molar-refractivity contribution in [1.82, 2.24) is 9.97 Å². The third-order valence-corrected chi connectivity index (χ3v) is 3.80. The van der Waals surface area contributed by atoms with E-state index in [1.165, 1.54) is 11.3 Å². The van der Waals surface area contributed by atoms with E-state index < -0.39 is 5.97 Å². The molecule has 0 aliphatic rings. The van der Waals surface area contributed by atoms with Crippen molar-refractivity contribution < 1.29 is 9.90 Å². The molecule has 2 N–H and O–H groups in total. The SMILES string of the molecule is O=C(O)c1ccccc1Cc1nc2sccc2c(=O)[nH]1. The van der Waals surface area contributed by atoms with Gasteiger partial charge in [-0.3, -0.25) is 4.79 Å². The largest absolute Gasteiger partial charge is 0.478 e. The van der Waals surface area contributed by atoms with Crippen LogP contribution < -0.4 is 5.56 Å². The van der Waals surface area contributed by atoms with Crippen molar-refractivity contribution >= 4 is 27.5 Å². The van der Waals surface area contributed by atoms with E-state index in [0.717, 1.165) is 0 Å². The Kier molecular flexibility index (Phi) is 3.08. The maximum Gasteiger partial charge on any atom is 0.335 e. The second-order valence-electron chi connectivity index (χ2n) is 4.29. The van der Waals surface area contributed by atoms with Gasteiger partial charge >= 0.3 is 5.97 Å². The van der Waals surface area contributed by atoms with Crippen molar-refractivity contribution in [2.75, 3.05) is 0 Å². The van der Waals surface area contributed by atoms with E-state index in [0.29, 0.717) is 21.6 Å². The van der Waals surface area contributed by atoms with E-state index in [9.17, 15) is 9.59 Å². The molecule has 0 saturated carbocycles. The first-order chi connectivity index (χ1) is 9.65. The van der Waals surface area contributed by atoms with E-state index in [1.807, 2.05) is 5.38 Å². The Labute approximate surface area is 117 Å². The number of aromatic carboxylic acids is 1. The molecular weight excluding hydrogens is 276 g/mol. The van der Waals surface area contributed by atoms with E-state index in [2.05, 4.69) is 9.97 Å². The van der Waals surface area contributed by atoms with Gasteiger partial charge in [-0.2, -0.15) is 0 Å². The van der Waals surface area contributed by atoms with Crippen LogP contribution in [0.5, 0.6) is 0 Å². The minimum absolute atomic E-state index is 0.195. The minimum atomic E-state index is -0.986. The number of hydrogen-bond donors (Lipinski definition) is 2. The second-order valence-corrected chi connectivity index (χ2v) is 5.19. The number of carboxylic acids is 1. The Morgan fingerprint density at radius 2 is 2.10 bits per heavy atom. The van der Waals surface area contributed by atoms with Crippen LogP contribution in [0.25, 0.3) is 10.2 Å². The first-order valence-corrected chi connectivity index (χ1v) is 6.81. The van der Waals surface area contributed by atoms with Gasteiger partial charge in [0.2, 0.25) is 0 Å². The molecule has 0 amide bonds. The number of thiophene rings is 1. The van der Waals surface area contributed by atoms with Gasteiger partial charge in [-0.15, -0.1) is 11.3 Å². The average Bonchev–Trinajstić information content (AvgIpc) is 2.88. The fourth-order valence-electron chi connectivity index (χ4n) is 2.06. The molecule has 3 rings (SSSR count). The summed E-state index contributed by atoms with van der Waals surface area (Å²) in [6.45, 7) is 0. The molecule has 0 spiro atoms. The number of fused-ring (bicyclic) bond motifs is 1. The van der Waals surface area contributed by atoms with E-state index in [-0.39, 0.29) is 17.5 Å². The van der Waals surface area contributed by atoms with Gasteiger partial charge < -0.3 is 10.1 Å². The number of aromatic amines is 1. The predicted octanol–water partition coefficient (Wildman–Crippen LogP) is 2.27. The highest BCUT2D eigenvalue weighted by molar-refractivity contribution is 7.16. The highest BCUT2D eigenvalue weighted by Crippen LogP contribution is 2.16. The number of nitrogens with one attached hydrogen (secondary N) is 1. The molecule has 1 aromatic carbocycles. The maximum absolute atomic E-state index is 11.9. The average molecular weight is 286 g/mol. The fourth-order valence-corrected chi connectivity index (χ4v) is 2.84. The number of aromatic nitrogens is 2. The third-order valence-electron chi connectivity index (χ3n) is 2.99. The van der Waals surface area contributed by atoms with Crippen molar-refractivity contribution in [2.24, 2.45) is 0 Å². The Balaban J connectivity index is 2.05. The summed E-state index contributed by atoms with van der Waals surface area (Å²) in [6.07, 6.45) is 0.283. The van der Waals surface area contributed by atoms with Crippen LogP contribution in [-0.4, -0.2) is 21.0 Å². The first-order valence-electron chi connectivity index (χ1n) is 5.93. The van der Waals surface area contributed by atoms with Crippen LogP contribution in [0.1, 0.15) is 21.7 Å². The second kappa shape index (κ2) is 4.90. The van der Waals surface area contributed by atoms with Crippen molar-refractivity contribution in [3.63, 3.8) is 0 Å². The molecular formula is C14H10N2O3S. The number of benzene rings is 1. The topological polar surface area (TPSA) is 83.0 Å². The number of H-pyrrole nitrogens is 1. The molecule has 0 aliphatic heterocycles. The molecule has 0 bridgehead atoms. The van der Waals surface area contributed by atoms with Crippen LogP contribution in [-0.2, 0) is 6.42 Å². The van der Waals surface area contributed by atoms with Gasteiger partial charge in [-0.25, -0.2) is 9.78 Å². The van der Waals surface area contributed by atoms with E-state index in [1.54, 1.807) is 30.3 Å². The van der Waals surface area contributed by atoms with Crippen molar-refractivity contribution in [2.45, 2.75) is 6.42 Å². The van der Waals surface area contributed by atoms with Gasteiger partial charge in [0, 0.05) is 6.42 Å². The van der Waals surface area contributed by atoms with Gasteiger partial charge in [0.25, 0.3) is 5.56 Å². The molecule has 0 unspecified atom stereocenters. The number of carbonyl (C=O) groups is 1. The van der Waals surface area contributed by atoms with Gasteiger partial charge in [-0.05, 0) is 23.1 Å². The van der Waals surface area contributed by atoms with E-state index >= 15 is 0 Å². The lowest BCUT2D eigenvalue weighted by atomic mass is 10.0. The molecule has 20 heavy (non-hydrogen) atoms. The molecule has 2 heterocycles. The molecule has 0 aliphatic carbocycles. The van der Waals surface area contributed by atoms with Gasteiger partial charge in [-0.1, -0.05) is 18.2 Å².